The Hall–Kier alpha value is -1.42. The van der Waals surface area contributed by atoms with Gasteiger partial charge < -0.3 is 9.47 Å². The first-order valence-corrected chi connectivity index (χ1v) is 8.24. The van der Waals surface area contributed by atoms with E-state index in [9.17, 15) is 9.18 Å². The molecule has 1 heterocycles. The van der Waals surface area contributed by atoms with Crippen molar-refractivity contribution in [1.29, 1.82) is 0 Å². The van der Waals surface area contributed by atoms with E-state index in [0.29, 0.717) is 18.1 Å². The molecule has 0 amide bonds. The molecule has 1 fully saturated rings. The second kappa shape index (κ2) is 6.37. The number of esters is 1. The molecule has 0 radical (unpaired) electrons. The highest BCUT2D eigenvalue weighted by Gasteiger charge is 2.31. The first-order chi connectivity index (χ1) is 10.6. The molecule has 22 heavy (non-hydrogen) atoms. The molecule has 3 nitrogen and oxygen atoms in total. The normalized spacial score (nSPS) is 28.1. The van der Waals surface area contributed by atoms with Crippen LogP contribution < -0.4 is 4.74 Å². The van der Waals surface area contributed by atoms with Gasteiger partial charge in [0.1, 0.15) is 0 Å². The lowest BCUT2D eigenvalue weighted by Gasteiger charge is -2.30. The molecular weight excluding hydrogens is 283 g/mol. The van der Waals surface area contributed by atoms with Crippen molar-refractivity contribution in [1.82, 2.24) is 0 Å². The van der Waals surface area contributed by atoms with E-state index >= 15 is 0 Å². The third-order valence-corrected chi connectivity index (χ3v) is 4.86. The van der Waals surface area contributed by atoms with E-state index in [-0.39, 0.29) is 29.4 Å². The van der Waals surface area contributed by atoms with Crippen LogP contribution in [-0.4, -0.2) is 18.7 Å². The second-order valence-electron chi connectivity index (χ2n) is 6.41. The number of carbonyl (C=O) groups is 1. The zero-order chi connectivity index (χ0) is 15.7. The van der Waals surface area contributed by atoms with Gasteiger partial charge in [-0.2, -0.15) is 0 Å². The summed E-state index contributed by atoms with van der Waals surface area (Å²) in [5, 5.41) is 0. The van der Waals surface area contributed by atoms with Gasteiger partial charge in [0, 0.05) is 6.61 Å². The Morgan fingerprint density at radius 3 is 2.68 bits per heavy atom. The maximum Gasteiger partial charge on any atom is 0.314 e. The topological polar surface area (TPSA) is 35.5 Å². The van der Waals surface area contributed by atoms with Gasteiger partial charge in [-0.1, -0.05) is 19.1 Å². The Balaban J connectivity index is 1.79. The molecule has 1 saturated carbocycles. The smallest absolute Gasteiger partial charge is 0.314 e. The highest BCUT2D eigenvalue weighted by atomic mass is 19.1. The molecule has 0 saturated heterocycles. The van der Waals surface area contributed by atoms with Gasteiger partial charge in [0.05, 0.1) is 12.0 Å². The summed E-state index contributed by atoms with van der Waals surface area (Å²) in [6.45, 7) is 4.55. The number of hydrogen-bond donors (Lipinski definition) is 0. The van der Waals surface area contributed by atoms with Gasteiger partial charge in [-0.05, 0) is 56.1 Å². The summed E-state index contributed by atoms with van der Waals surface area (Å²) in [4.78, 5) is 11.7. The number of benzene rings is 1. The van der Waals surface area contributed by atoms with Crippen molar-refractivity contribution in [2.24, 2.45) is 5.92 Å². The summed E-state index contributed by atoms with van der Waals surface area (Å²) < 4.78 is 25.7. The van der Waals surface area contributed by atoms with Gasteiger partial charge in [-0.25, -0.2) is 4.39 Å². The molecule has 1 atom stereocenters. The summed E-state index contributed by atoms with van der Waals surface area (Å²) in [5.41, 5.74) is 1.49. The molecule has 0 aromatic heterocycles. The van der Waals surface area contributed by atoms with Crippen molar-refractivity contribution in [2.75, 3.05) is 6.61 Å². The molecule has 0 spiro atoms. The highest BCUT2D eigenvalue weighted by Crippen LogP contribution is 2.40. The summed E-state index contributed by atoms with van der Waals surface area (Å²) in [7, 11) is 0. The number of carbonyl (C=O) groups excluding carboxylic acids is 1. The minimum Gasteiger partial charge on any atom is -0.423 e. The maximum atomic E-state index is 14.8. The third kappa shape index (κ3) is 2.89. The Bertz CT molecular complexity index is 562. The van der Waals surface area contributed by atoms with Crippen LogP contribution in [0.15, 0.2) is 12.1 Å². The summed E-state index contributed by atoms with van der Waals surface area (Å²) in [6.07, 6.45) is 4.64. The van der Waals surface area contributed by atoms with Crippen LogP contribution in [0, 0.1) is 11.7 Å². The van der Waals surface area contributed by atoms with Crippen molar-refractivity contribution in [3.63, 3.8) is 0 Å². The van der Waals surface area contributed by atoms with E-state index < -0.39 is 0 Å². The molecule has 1 unspecified atom stereocenters. The number of rotatable bonds is 3. The largest absolute Gasteiger partial charge is 0.423 e. The van der Waals surface area contributed by atoms with E-state index in [0.717, 1.165) is 37.9 Å². The Morgan fingerprint density at radius 1 is 1.27 bits per heavy atom. The fraction of sp³-hybridized carbons (Fsp3) is 0.611. The van der Waals surface area contributed by atoms with Crippen molar-refractivity contribution in [2.45, 2.75) is 58.0 Å². The molecule has 120 valence electrons. The van der Waals surface area contributed by atoms with Gasteiger partial charge in [-0.15, -0.1) is 0 Å². The van der Waals surface area contributed by atoms with Gasteiger partial charge >= 0.3 is 5.97 Å². The summed E-state index contributed by atoms with van der Waals surface area (Å²) >= 11 is 0. The van der Waals surface area contributed by atoms with E-state index in [1.165, 1.54) is 0 Å². The lowest BCUT2D eigenvalue weighted by Crippen LogP contribution is -2.27. The van der Waals surface area contributed by atoms with Crippen LogP contribution in [0.3, 0.4) is 0 Å². The molecule has 1 aromatic rings. The Labute approximate surface area is 130 Å². The van der Waals surface area contributed by atoms with Crippen LogP contribution in [0.2, 0.25) is 0 Å². The van der Waals surface area contributed by atoms with E-state index in [4.69, 9.17) is 9.47 Å². The molecule has 0 bridgehead atoms. The van der Waals surface area contributed by atoms with E-state index in [1.54, 1.807) is 0 Å². The molecule has 4 heteroatoms. The SMILES string of the molecule is CCOC1CCC(c2ccc3c(c2F)OC(=O)C(C)C3)CC1. The van der Waals surface area contributed by atoms with Crippen molar-refractivity contribution in [3.8, 4) is 5.75 Å². The van der Waals surface area contributed by atoms with Crippen molar-refractivity contribution < 1.29 is 18.7 Å². The molecule has 0 N–H and O–H groups in total. The molecule has 1 aliphatic heterocycles. The molecule has 2 aliphatic rings. The average Bonchev–Trinajstić information content (AvgIpc) is 2.51. The van der Waals surface area contributed by atoms with Crippen LogP contribution in [-0.2, 0) is 16.0 Å². The standard InChI is InChI=1S/C18H23FO3/c1-3-21-14-7-4-12(5-8-14)15-9-6-13-10-11(2)18(20)22-17(13)16(15)19/h6,9,11-12,14H,3-5,7-8,10H2,1-2H3. The maximum absolute atomic E-state index is 14.8. The van der Waals surface area contributed by atoms with Crippen LogP contribution in [0.5, 0.6) is 5.75 Å². The van der Waals surface area contributed by atoms with Gasteiger partial charge in [-0.3, -0.25) is 4.79 Å². The Morgan fingerprint density at radius 2 is 2.00 bits per heavy atom. The minimum absolute atomic E-state index is 0.160. The predicted molar refractivity (Wildman–Crippen MR) is 81.5 cm³/mol. The lowest BCUT2D eigenvalue weighted by atomic mass is 9.81. The molecule has 1 aromatic carbocycles. The fourth-order valence-corrected chi connectivity index (χ4v) is 3.59. The second-order valence-corrected chi connectivity index (χ2v) is 6.41. The van der Waals surface area contributed by atoms with E-state index in [1.807, 2.05) is 26.0 Å². The van der Waals surface area contributed by atoms with Crippen LogP contribution in [0.4, 0.5) is 4.39 Å². The zero-order valence-corrected chi connectivity index (χ0v) is 13.2. The van der Waals surface area contributed by atoms with Gasteiger partial charge in [0.15, 0.2) is 11.6 Å². The van der Waals surface area contributed by atoms with Gasteiger partial charge in [0.2, 0.25) is 0 Å². The quantitative estimate of drug-likeness (QED) is 0.626. The molecule has 3 rings (SSSR count). The van der Waals surface area contributed by atoms with Crippen molar-refractivity contribution >= 4 is 5.97 Å². The number of hydrogen-bond acceptors (Lipinski definition) is 3. The number of ether oxygens (including phenoxy) is 2. The summed E-state index contributed by atoms with van der Waals surface area (Å²) in [6, 6.07) is 3.80. The highest BCUT2D eigenvalue weighted by molar-refractivity contribution is 5.77. The monoisotopic (exact) mass is 306 g/mol. The molecule has 1 aliphatic carbocycles. The molecular formula is C18H23FO3. The van der Waals surface area contributed by atoms with Crippen LogP contribution in [0.25, 0.3) is 0 Å². The van der Waals surface area contributed by atoms with Crippen LogP contribution in [0.1, 0.15) is 56.6 Å². The fourth-order valence-electron chi connectivity index (χ4n) is 3.59. The average molecular weight is 306 g/mol. The minimum atomic E-state index is -0.336. The number of fused-ring (bicyclic) bond motifs is 1. The zero-order valence-electron chi connectivity index (χ0n) is 13.2. The predicted octanol–water partition coefficient (Wildman–Crippen LogP) is 3.99. The van der Waals surface area contributed by atoms with E-state index in [2.05, 4.69) is 0 Å². The van der Waals surface area contributed by atoms with Gasteiger partial charge in [0.25, 0.3) is 0 Å². The van der Waals surface area contributed by atoms with Crippen LogP contribution >= 0.6 is 0 Å². The third-order valence-electron chi connectivity index (χ3n) is 4.86. The number of halogens is 1. The first kappa shape index (κ1) is 15.5. The summed E-state index contributed by atoms with van der Waals surface area (Å²) in [5.74, 6) is -0.506. The van der Waals surface area contributed by atoms with Crippen molar-refractivity contribution in [3.05, 3.63) is 29.1 Å². The Kier molecular flexibility index (Phi) is 4.48. The lowest BCUT2D eigenvalue weighted by molar-refractivity contribution is -0.139. The first-order valence-electron chi connectivity index (χ1n) is 8.24.